The quantitative estimate of drug-likeness (QED) is 0.785. The van der Waals surface area contributed by atoms with E-state index in [1.807, 2.05) is 49.9 Å². The monoisotopic (exact) mass is 383 g/mol. The maximum Gasteiger partial charge on any atom is 0.273 e. The molecule has 1 fully saturated rings. The average Bonchev–Trinajstić information content (AvgIpc) is 3.36. The molecule has 3 rings (SSSR count). The SMILES string of the molecule is Cc1ccc(C(=O)N(Cc2cc(C(=O)NCC(C)C)no2)C2CCCC2)cc1. The summed E-state index contributed by atoms with van der Waals surface area (Å²) in [7, 11) is 0. The third-order valence-electron chi connectivity index (χ3n) is 5.11. The average molecular weight is 383 g/mol. The van der Waals surface area contributed by atoms with Gasteiger partial charge >= 0.3 is 0 Å². The maximum absolute atomic E-state index is 13.2. The van der Waals surface area contributed by atoms with Crippen LogP contribution in [-0.4, -0.2) is 34.5 Å². The van der Waals surface area contributed by atoms with Gasteiger partial charge in [-0.05, 0) is 37.8 Å². The molecule has 1 heterocycles. The number of nitrogens with zero attached hydrogens (tertiary/aromatic N) is 2. The molecule has 1 aromatic heterocycles. The first-order valence-corrected chi connectivity index (χ1v) is 10.1. The Bertz CT molecular complexity index is 805. The zero-order valence-corrected chi connectivity index (χ0v) is 16.9. The van der Waals surface area contributed by atoms with Gasteiger partial charge in [-0.1, -0.05) is 49.5 Å². The minimum absolute atomic E-state index is 0.00545. The van der Waals surface area contributed by atoms with Crippen LogP contribution in [0.25, 0.3) is 0 Å². The van der Waals surface area contributed by atoms with Gasteiger partial charge in [0.25, 0.3) is 11.8 Å². The summed E-state index contributed by atoms with van der Waals surface area (Å²) >= 11 is 0. The van der Waals surface area contributed by atoms with Crippen molar-refractivity contribution in [3.63, 3.8) is 0 Å². The molecule has 1 aliphatic carbocycles. The Morgan fingerprint density at radius 2 is 1.89 bits per heavy atom. The van der Waals surface area contributed by atoms with Crippen molar-refractivity contribution in [3.8, 4) is 0 Å². The number of amides is 2. The highest BCUT2D eigenvalue weighted by molar-refractivity contribution is 5.94. The van der Waals surface area contributed by atoms with Gasteiger partial charge in [-0.3, -0.25) is 9.59 Å². The van der Waals surface area contributed by atoms with Crippen molar-refractivity contribution >= 4 is 11.8 Å². The molecule has 2 aromatic rings. The standard InChI is InChI=1S/C22H29N3O3/c1-15(2)13-23-21(26)20-12-19(28-24-20)14-25(18-6-4-5-7-18)22(27)17-10-8-16(3)9-11-17/h8-12,15,18H,4-7,13-14H2,1-3H3,(H,23,26). The van der Waals surface area contributed by atoms with Crippen LogP contribution in [0.4, 0.5) is 0 Å². The van der Waals surface area contributed by atoms with Gasteiger partial charge in [0.15, 0.2) is 11.5 Å². The van der Waals surface area contributed by atoms with E-state index in [0.29, 0.717) is 30.3 Å². The lowest BCUT2D eigenvalue weighted by atomic mass is 10.1. The number of hydrogen-bond acceptors (Lipinski definition) is 4. The van der Waals surface area contributed by atoms with Crippen LogP contribution in [0.2, 0.25) is 0 Å². The van der Waals surface area contributed by atoms with E-state index < -0.39 is 0 Å². The van der Waals surface area contributed by atoms with E-state index in [1.54, 1.807) is 6.07 Å². The fourth-order valence-electron chi connectivity index (χ4n) is 3.49. The summed E-state index contributed by atoms with van der Waals surface area (Å²) < 4.78 is 5.38. The van der Waals surface area contributed by atoms with Crippen LogP contribution in [0.3, 0.4) is 0 Å². The Morgan fingerprint density at radius 3 is 2.54 bits per heavy atom. The van der Waals surface area contributed by atoms with Crippen molar-refractivity contribution < 1.29 is 14.1 Å². The molecule has 0 aliphatic heterocycles. The molecule has 1 aliphatic rings. The van der Waals surface area contributed by atoms with Crippen molar-refractivity contribution in [3.05, 3.63) is 52.9 Å². The highest BCUT2D eigenvalue weighted by atomic mass is 16.5. The zero-order valence-electron chi connectivity index (χ0n) is 16.9. The van der Waals surface area contributed by atoms with Crippen molar-refractivity contribution in [2.45, 2.75) is 59.0 Å². The minimum atomic E-state index is -0.249. The number of nitrogens with one attached hydrogen (secondary N) is 1. The van der Waals surface area contributed by atoms with Crippen LogP contribution in [0.5, 0.6) is 0 Å². The smallest absolute Gasteiger partial charge is 0.273 e. The van der Waals surface area contributed by atoms with E-state index in [2.05, 4.69) is 10.5 Å². The number of carbonyl (C=O) groups excluding carboxylic acids is 2. The first kappa shape index (κ1) is 20.1. The molecule has 6 heteroatoms. The topological polar surface area (TPSA) is 75.4 Å². The number of benzene rings is 1. The number of rotatable bonds is 7. The molecule has 0 unspecified atom stereocenters. The van der Waals surface area contributed by atoms with Crippen molar-refractivity contribution in [1.29, 1.82) is 0 Å². The lowest BCUT2D eigenvalue weighted by molar-refractivity contribution is 0.0643. The first-order chi connectivity index (χ1) is 13.4. The third-order valence-corrected chi connectivity index (χ3v) is 5.11. The fraction of sp³-hybridized carbons (Fsp3) is 0.500. The molecule has 1 saturated carbocycles. The summed E-state index contributed by atoms with van der Waals surface area (Å²) in [6.45, 7) is 6.97. The van der Waals surface area contributed by atoms with E-state index in [0.717, 1.165) is 31.2 Å². The Kier molecular flexibility index (Phi) is 6.49. The lowest BCUT2D eigenvalue weighted by Crippen LogP contribution is -2.38. The number of hydrogen-bond donors (Lipinski definition) is 1. The molecule has 0 saturated heterocycles. The normalized spacial score (nSPS) is 14.4. The van der Waals surface area contributed by atoms with E-state index in [9.17, 15) is 9.59 Å². The fourth-order valence-corrected chi connectivity index (χ4v) is 3.49. The number of aryl methyl sites for hydroxylation is 1. The second-order valence-corrected chi connectivity index (χ2v) is 8.02. The highest BCUT2D eigenvalue weighted by Gasteiger charge is 2.29. The molecule has 0 bridgehead atoms. The molecule has 0 radical (unpaired) electrons. The predicted molar refractivity (Wildman–Crippen MR) is 107 cm³/mol. The van der Waals surface area contributed by atoms with Gasteiger partial charge < -0.3 is 14.7 Å². The number of carbonyl (C=O) groups is 2. The van der Waals surface area contributed by atoms with E-state index in [1.165, 1.54) is 0 Å². The first-order valence-electron chi connectivity index (χ1n) is 10.1. The van der Waals surface area contributed by atoms with Crippen molar-refractivity contribution in [1.82, 2.24) is 15.4 Å². The molecule has 0 atom stereocenters. The van der Waals surface area contributed by atoms with Crippen LogP contribution >= 0.6 is 0 Å². The molecule has 1 aromatic carbocycles. The van der Waals surface area contributed by atoms with Gasteiger partial charge in [-0.15, -0.1) is 0 Å². The molecule has 6 nitrogen and oxygen atoms in total. The summed E-state index contributed by atoms with van der Waals surface area (Å²) in [6, 6.07) is 9.46. The maximum atomic E-state index is 13.2. The highest BCUT2D eigenvalue weighted by Crippen LogP contribution is 2.27. The predicted octanol–water partition coefficient (Wildman–Crippen LogP) is 3.95. The number of aromatic nitrogens is 1. The molecular formula is C22H29N3O3. The molecule has 0 spiro atoms. The lowest BCUT2D eigenvalue weighted by Gasteiger charge is -2.28. The van der Waals surface area contributed by atoms with Gasteiger partial charge in [0, 0.05) is 24.2 Å². The van der Waals surface area contributed by atoms with Gasteiger partial charge in [-0.2, -0.15) is 0 Å². The Labute approximate surface area is 166 Å². The Morgan fingerprint density at radius 1 is 1.21 bits per heavy atom. The molecular weight excluding hydrogens is 354 g/mol. The van der Waals surface area contributed by atoms with Crippen LogP contribution in [-0.2, 0) is 6.54 Å². The van der Waals surface area contributed by atoms with E-state index in [-0.39, 0.29) is 23.6 Å². The van der Waals surface area contributed by atoms with E-state index >= 15 is 0 Å². The summed E-state index contributed by atoms with van der Waals surface area (Å²) in [5.41, 5.74) is 2.05. The van der Waals surface area contributed by atoms with Crippen LogP contribution in [0, 0.1) is 12.8 Å². The second kappa shape index (κ2) is 9.04. The van der Waals surface area contributed by atoms with E-state index in [4.69, 9.17) is 4.52 Å². The minimum Gasteiger partial charge on any atom is -0.359 e. The molecule has 2 amide bonds. The Hall–Kier alpha value is -2.63. The second-order valence-electron chi connectivity index (χ2n) is 8.02. The van der Waals surface area contributed by atoms with Gasteiger partial charge in [0.2, 0.25) is 0 Å². The van der Waals surface area contributed by atoms with Gasteiger partial charge in [-0.25, -0.2) is 0 Å². The van der Waals surface area contributed by atoms with Crippen molar-refractivity contribution in [2.75, 3.05) is 6.54 Å². The van der Waals surface area contributed by atoms with Gasteiger partial charge in [0.05, 0.1) is 6.54 Å². The van der Waals surface area contributed by atoms with Crippen molar-refractivity contribution in [2.24, 2.45) is 5.92 Å². The summed E-state index contributed by atoms with van der Waals surface area (Å²) in [5, 5.41) is 6.72. The molecule has 1 N–H and O–H groups in total. The third kappa shape index (κ3) is 5.00. The molecule has 28 heavy (non-hydrogen) atoms. The Balaban J connectivity index is 1.74. The van der Waals surface area contributed by atoms with Crippen LogP contribution in [0.15, 0.2) is 34.9 Å². The molecule has 150 valence electrons. The van der Waals surface area contributed by atoms with Crippen LogP contribution in [0.1, 0.15) is 71.7 Å². The van der Waals surface area contributed by atoms with Gasteiger partial charge in [0.1, 0.15) is 0 Å². The zero-order chi connectivity index (χ0) is 20.1. The van der Waals surface area contributed by atoms with Crippen LogP contribution < -0.4 is 5.32 Å². The summed E-state index contributed by atoms with van der Waals surface area (Å²) in [5.74, 6) is 0.637. The summed E-state index contributed by atoms with van der Waals surface area (Å²) in [4.78, 5) is 27.2. The summed E-state index contributed by atoms with van der Waals surface area (Å²) in [6.07, 6.45) is 4.24. The largest absolute Gasteiger partial charge is 0.359 e.